The van der Waals surface area contributed by atoms with Crippen LogP contribution < -0.4 is 4.90 Å². The molecule has 2 heterocycles. The molecule has 0 radical (unpaired) electrons. The summed E-state index contributed by atoms with van der Waals surface area (Å²) in [6.45, 7) is 2.38. The fraction of sp³-hybridized carbons (Fsp3) is 0.250. The van der Waals surface area contributed by atoms with Crippen LogP contribution in [0.4, 0.5) is 18.9 Å². The maximum Gasteiger partial charge on any atom is 0.416 e. The van der Waals surface area contributed by atoms with E-state index in [2.05, 4.69) is 10.1 Å². The standard InChI is InChI=1S/C20H16F3N3O2/c1-12-3-2-4-16(9-12)26-11-14(10-17(26)27)18-24-19(28-25-18)13-5-7-15(8-6-13)20(21,22)23/h2-9,14H,10-11H2,1H3. The number of alkyl halides is 3. The molecule has 0 N–H and O–H groups in total. The summed E-state index contributed by atoms with van der Waals surface area (Å²) in [6.07, 6.45) is -4.15. The highest BCUT2D eigenvalue weighted by atomic mass is 19.4. The fourth-order valence-corrected chi connectivity index (χ4v) is 3.25. The van der Waals surface area contributed by atoms with Gasteiger partial charge in [0, 0.05) is 30.1 Å². The second-order valence-electron chi connectivity index (χ2n) is 6.78. The first-order valence-corrected chi connectivity index (χ1v) is 8.69. The number of nitrogens with zero attached hydrogens (tertiary/aromatic N) is 3. The van der Waals surface area contributed by atoms with Gasteiger partial charge in [0.2, 0.25) is 5.91 Å². The first-order chi connectivity index (χ1) is 13.3. The van der Waals surface area contributed by atoms with Gasteiger partial charge in [-0.05, 0) is 48.9 Å². The normalized spacial score (nSPS) is 17.4. The first-order valence-electron chi connectivity index (χ1n) is 8.69. The average molecular weight is 387 g/mol. The number of carbonyl (C=O) groups excluding carboxylic acids is 1. The summed E-state index contributed by atoms with van der Waals surface area (Å²) >= 11 is 0. The van der Waals surface area contributed by atoms with E-state index in [-0.39, 0.29) is 24.1 Å². The van der Waals surface area contributed by atoms with Gasteiger partial charge in [0.15, 0.2) is 5.82 Å². The van der Waals surface area contributed by atoms with Crippen LogP contribution in [0, 0.1) is 6.92 Å². The maximum atomic E-state index is 12.7. The van der Waals surface area contributed by atoms with Crippen LogP contribution >= 0.6 is 0 Å². The van der Waals surface area contributed by atoms with E-state index in [4.69, 9.17) is 4.52 Å². The van der Waals surface area contributed by atoms with Gasteiger partial charge in [-0.1, -0.05) is 17.3 Å². The fourth-order valence-electron chi connectivity index (χ4n) is 3.25. The van der Waals surface area contributed by atoms with Gasteiger partial charge in [-0.2, -0.15) is 18.2 Å². The van der Waals surface area contributed by atoms with Crippen molar-refractivity contribution in [1.82, 2.24) is 10.1 Å². The topological polar surface area (TPSA) is 59.2 Å². The van der Waals surface area contributed by atoms with E-state index in [1.54, 1.807) is 4.90 Å². The van der Waals surface area contributed by atoms with Crippen LogP contribution in [-0.2, 0) is 11.0 Å². The summed E-state index contributed by atoms with van der Waals surface area (Å²) in [6, 6.07) is 12.2. The third-order valence-corrected chi connectivity index (χ3v) is 4.70. The molecule has 1 aliphatic heterocycles. The Hall–Kier alpha value is -3.16. The third kappa shape index (κ3) is 3.49. The highest BCUT2D eigenvalue weighted by molar-refractivity contribution is 5.96. The number of carbonyl (C=O) groups is 1. The predicted octanol–water partition coefficient (Wildman–Crippen LogP) is 4.58. The van der Waals surface area contributed by atoms with Crippen LogP contribution in [0.5, 0.6) is 0 Å². The number of hydrogen-bond acceptors (Lipinski definition) is 4. The van der Waals surface area contributed by atoms with Gasteiger partial charge in [0.1, 0.15) is 0 Å². The minimum atomic E-state index is -4.40. The molecule has 1 saturated heterocycles. The monoisotopic (exact) mass is 387 g/mol. The Bertz CT molecular complexity index is 1010. The highest BCUT2D eigenvalue weighted by Crippen LogP contribution is 2.33. The van der Waals surface area contributed by atoms with Gasteiger partial charge >= 0.3 is 6.18 Å². The lowest BCUT2D eigenvalue weighted by Crippen LogP contribution is -2.24. The molecule has 1 unspecified atom stereocenters. The lowest BCUT2D eigenvalue weighted by Gasteiger charge is -2.16. The third-order valence-electron chi connectivity index (χ3n) is 4.70. The van der Waals surface area contributed by atoms with Crippen LogP contribution in [-0.4, -0.2) is 22.6 Å². The molecule has 2 aromatic carbocycles. The Morgan fingerprint density at radius 3 is 2.57 bits per heavy atom. The number of aryl methyl sites for hydroxylation is 1. The van der Waals surface area contributed by atoms with Crippen LogP contribution in [0.2, 0.25) is 0 Å². The van der Waals surface area contributed by atoms with Gasteiger partial charge in [-0.25, -0.2) is 0 Å². The maximum absolute atomic E-state index is 12.7. The lowest BCUT2D eigenvalue weighted by atomic mass is 10.1. The molecule has 28 heavy (non-hydrogen) atoms. The van der Waals surface area contributed by atoms with Crippen LogP contribution in [0.3, 0.4) is 0 Å². The summed E-state index contributed by atoms with van der Waals surface area (Å²) in [5.41, 5.74) is 1.52. The molecule has 1 aromatic heterocycles. The smallest absolute Gasteiger partial charge is 0.334 e. The molecular formula is C20H16F3N3O2. The van der Waals surface area contributed by atoms with Crippen LogP contribution in [0.1, 0.15) is 29.3 Å². The zero-order valence-corrected chi connectivity index (χ0v) is 14.9. The Morgan fingerprint density at radius 1 is 1.14 bits per heavy atom. The van der Waals surface area contributed by atoms with Crippen molar-refractivity contribution in [3.8, 4) is 11.5 Å². The first kappa shape index (κ1) is 18.2. The largest absolute Gasteiger partial charge is 0.416 e. The van der Waals surface area contributed by atoms with Crippen molar-refractivity contribution in [3.63, 3.8) is 0 Å². The molecule has 0 saturated carbocycles. The zero-order valence-electron chi connectivity index (χ0n) is 14.9. The molecule has 1 aliphatic rings. The molecule has 1 amide bonds. The molecule has 0 spiro atoms. The minimum absolute atomic E-state index is 0.0310. The summed E-state index contributed by atoms with van der Waals surface area (Å²) in [5.74, 6) is 0.236. The lowest BCUT2D eigenvalue weighted by molar-refractivity contribution is -0.137. The molecule has 8 heteroatoms. The molecule has 3 aromatic rings. The summed E-state index contributed by atoms with van der Waals surface area (Å²) in [5, 5.41) is 3.94. The molecule has 1 atom stereocenters. The summed E-state index contributed by atoms with van der Waals surface area (Å²) in [4.78, 5) is 18.4. The van der Waals surface area contributed by atoms with Crippen molar-refractivity contribution in [3.05, 3.63) is 65.5 Å². The summed E-state index contributed by atoms with van der Waals surface area (Å²) < 4.78 is 43.3. The molecule has 0 bridgehead atoms. The van der Waals surface area contributed by atoms with Gasteiger partial charge in [-0.3, -0.25) is 4.79 Å². The predicted molar refractivity (Wildman–Crippen MR) is 95.6 cm³/mol. The van der Waals surface area contributed by atoms with Gasteiger partial charge in [0.25, 0.3) is 5.89 Å². The van der Waals surface area contributed by atoms with Crippen molar-refractivity contribution in [2.45, 2.75) is 25.4 Å². The van der Waals surface area contributed by atoms with Crippen molar-refractivity contribution in [1.29, 1.82) is 0 Å². The van der Waals surface area contributed by atoms with E-state index in [0.29, 0.717) is 17.9 Å². The number of aromatic nitrogens is 2. The van der Waals surface area contributed by atoms with E-state index >= 15 is 0 Å². The van der Waals surface area contributed by atoms with E-state index in [9.17, 15) is 18.0 Å². The van der Waals surface area contributed by atoms with Crippen molar-refractivity contribution < 1.29 is 22.5 Å². The molecular weight excluding hydrogens is 371 g/mol. The van der Waals surface area contributed by atoms with Gasteiger partial charge in [-0.15, -0.1) is 0 Å². The van der Waals surface area contributed by atoms with Gasteiger partial charge < -0.3 is 9.42 Å². The zero-order chi connectivity index (χ0) is 19.9. The van der Waals surface area contributed by atoms with E-state index < -0.39 is 11.7 Å². The van der Waals surface area contributed by atoms with E-state index in [1.165, 1.54) is 12.1 Å². The number of hydrogen-bond donors (Lipinski definition) is 0. The quantitative estimate of drug-likeness (QED) is 0.660. The Morgan fingerprint density at radius 2 is 1.89 bits per heavy atom. The molecule has 4 rings (SSSR count). The number of anilines is 1. The molecule has 5 nitrogen and oxygen atoms in total. The molecule has 144 valence electrons. The Kier molecular flexibility index (Phi) is 4.41. The number of halogens is 3. The van der Waals surface area contributed by atoms with Crippen molar-refractivity contribution in [2.24, 2.45) is 0 Å². The SMILES string of the molecule is Cc1cccc(N2CC(c3noc(-c4ccc(C(F)(F)F)cc4)n3)CC2=O)c1. The van der Waals surface area contributed by atoms with Gasteiger partial charge in [0.05, 0.1) is 5.56 Å². The Balaban J connectivity index is 1.53. The summed E-state index contributed by atoms with van der Waals surface area (Å²) in [7, 11) is 0. The van der Waals surface area contributed by atoms with Crippen LogP contribution in [0.15, 0.2) is 53.1 Å². The second-order valence-corrected chi connectivity index (χ2v) is 6.78. The number of benzene rings is 2. The second kappa shape index (κ2) is 6.78. The molecule has 1 fully saturated rings. The number of rotatable bonds is 3. The molecule has 0 aliphatic carbocycles. The number of amides is 1. The van der Waals surface area contributed by atoms with Crippen LogP contribution in [0.25, 0.3) is 11.5 Å². The Labute approximate surface area is 158 Å². The highest BCUT2D eigenvalue weighted by Gasteiger charge is 2.35. The van der Waals surface area contributed by atoms with E-state index in [1.807, 2.05) is 31.2 Å². The van der Waals surface area contributed by atoms with Crippen molar-refractivity contribution >= 4 is 11.6 Å². The van der Waals surface area contributed by atoms with E-state index in [0.717, 1.165) is 23.4 Å². The minimum Gasteiger partial charge on any atom is -0.334 e. The van der Waals surface area contributed by atoms with Crippen molar-refractivity contribution in [2.75, 3.05) is 11.4 Å². The average Bonchev–Trinajstić information content (AvgIpc) is 3.28.